The summed E-state index contributed by atoms with van der Waals surface area (Å²) in [7, 11) is 1.64. The number of hydrogen-bond donors (Lipinski definition) is 2. The van der Waals surface area contributed by atoms with Gasteiger partial charge in [0.1, 0.15) is 18.1 Å². The Kier molecular flexibility index (Phi) is 6.54. The maximum Gasteiger partial charge on any atom is 0.119 e. The predicted molar refractivity (Wildman–Crippen MR) is 72.2 cm³/mol. The highest BCUT2D eigenvalue weighted by Crippen LogP contribution is 2.16. The van der Waals surface area contributed by atoms with Crippen LogP contribution in [0.4, 0.5) is 0 Å². The van der Waals surface area contributed by atoms with E-state index in [1.807, 2.05) is 24.3 Å². The minimum absolute atomic E-state index is 0.129. The van der Waals surface area contributed by atoms with Gasteiger partial charge in [-0.1, -0.05) is 13.8 Å². The molecule has 0 radical (unpaired) electrons. The molecule has 0 aliphatic heterocycles. The van der Waals surface area contributed by atoms with Crippen molar-refractivity contribution in [2.45, 2.75) is 19.9 Å². The van der Waals surface area contributed by atoms with E-state index < -0.39 is 0 Å². The first-order chi connectivity index (χ1) is 8.67. The van der Waals surface area contributed by atoms with Crippen LogP contribution in [0.1, 0.15) is 13.8 Å². The minimum Gasteiger partial charge on any atom is -0.497 e. The molecule has 0 aliphatic rings. The van der Waals surface area contributed by atoms with E-state index in [2.05, 4.69) is 19.2 Å². The summed E-state index contributed by atoms with van der Waals surface area (Å²) < 4.78 is 10.7. The Labute approximate surface area is 109 Å². The average Bonchev–Trinajstić information content (AvgIpc) is 2.39. The molecule has 1 rings (SSSR count). The number of ether oxygens (including phenoxy) is 2. The zero-order chi connectivity index (χ0) is 13.4. The smallest absolute Gasteiger partial charge is 0.119 e. The molecule has 0 bridgehead atoms. The Morgan fingerprint density at radius 3 is 2.28 bits per heavy atom. The lowest BCUT2D eigenvalue weighted by Gasteiger charge is -2.19. The second kappa shape index (κ2) is 7.95. The first-order valence-electron chi connectivity index (χ1n) is 6.28. The fourth-order valence-corrected chi connectivity index (χ4v) is 1.60. The standard InChI is InChI=1S/C14H23NO3/c1-11(2)14(10-16)15-8-9-18-13-6-4-12(17-3)5-7-13/h4-7,11,14-16H,8-10H2,1-3H3/t14-/m1/s1. The van der Waals surface area contributed by atoms with Crippen LogP contribution in [0.3, 0.4) is 0 Å². The molecule has 0 fully saturated rings. The van der Waals surface area contributed by atoms with Gasteiger partial charge in [-0.2, -0.15) is 0 Å². The van der Waals surface area contributed by atoms with Gasteiger partial charge in [0.05, 0.1) is 13.7 Å². The molecule has 1 atom stereocenters. The Morgan fingerprint density at radius 1 is 1.17 bits per heavy atom. The van der Waals surface area contributed by atoms with Crippen molar-refractivity contribution in [2.24, 2.45) is 5.92 Å². The van der Waals surface area contributed by atoms with Gasteiger partial charge in [0.15, 0.2) is 0 Å². The summed E-state index contributed by atoms with van der Waals surface area (Å²) in [4.78, 5) is 0. The number of aliphatic hydroxyl groups is 1. The zero-order valence-electron chi connectivity index (χ0n) is 11.3. The number of nitrogens with one attached hydrogen (secondary N) is 1. The maximum atomic E-state index is 9.15. The van der Waals surface area contributed by atoms with E-state index >= 15 is 0 Å². The van der Waals surface area contributed by atoms with Gasteiger partial charge in [-0.25, -0.2) is 0 Å². The largest absolute Gasteiger partial charge is 0.497 e. The van der Waals surface area contributed by atoms with Crippen LogP contribution in [-0.4, -0.2) is 38.0 Å². The second-order valence-corrected chi connectivity index (χ2v) is 4.51. The third-order valence-electron chi connectivity index (χ3n) is 2.84. The van der Waals surface area contributed by atoms with Gasteiger partial charge in [0.25, 0.3) is 0 Å². The van der Waals surface area contributed by atoms with Gasteiger partial charge < -0.3 is 19.9 Å². The molecule has 4 heteroatoms. The van der Waals surface area contributed by atoms with Gasteiger partial charge in [-0.15, -0.1) is 0 Å². The highest BCUT2D eigenvalue weighted by atomic mass is 16.5. The van der Waals surface area contributed by atoms with Gasteiger partial charge in [0.2, 0.25) is 0 Å². The molecule has 0 aliphatic carbocycles. The summed E-state index contributed by atoms with van der Waals surface area (Å²) >= 11 is 0. The van der Waals surface area contributed by atoms with Gasteiger partial charge in [-0.05, 0) is 30.2 Å². The van der Waals surface area contributed by atoms with Crippen molar-refractivity contribution in [3.63, 3.8) is 0 Å². The minimum atomic E-state index is 0.129. The lowest BCUT2D eigenvalue weighted by atomic mass is 10.1. The number of benzene rings is 1. The predicted octanol–water partition coefficient (Wildman–Crippen LogP) is 1.68. The summed E-state index contributed by atoms with van der Waals surface area (Å²) in [5.41, 5.74) is 0. The highest BCUT2D eigenvalue weighted by molar-refractivity contribution is 5.31. The Balaban J connectivity index is 2.24. The van der Waals surface area contributed by atoms with Gasteiger partial charge >= 0.3 is 0 Å². The van der Waals surface area contributed by atoms with Crippen molar-refractivity contribution in [3.05, 3.63) is 24.3 Å². The van der Waals surface area contributed by atoms with Crippen molar-refractivity contribution >= 4 is 0 Å². The van der Waals surface area contributed by atoms with E-state index in [9.17, 15) is 0 Å². The monoisotopic (exact) mass is 253 g/mol. The summed E-state index contributed by atoms with van der Waals surface area (Å²) in [5, 5.41) is 12.4. The van der Waals surface area contributed by atoms with Crippen molar-refractivity contribution in [1.29, 1.82) is 0 Å². The number of rotatable bonds is 8. The first-order valence-corrected chi connectivity index (χ1v) is 6.28. The Bertz CT molecular complexity index is 324. The summed E-state index contributed by atoms with van der Waals surface area (Å²) in [6.45, 7) is 5.61. The van der Waals surface area contributed by atoms with E-state index in [0.717, 1.165) is 18.0 Å². The maximum absolute atomic E-state index is 9.15. The van der Waals surface area contributed by atoms with Gasteiger partial charge in [-0.3, -0.25) is 0 Å². The molecule has 0 heterocycles. The fraction of sp³-hybridized carbons (Fsp3) is 0.571. The first kappa shape index (κ1) is 14.8. The summed E-state index contributed by atoms with van der Waals surface area (Å²) in [6, 6.07) is 7.63. The highest BCUT2D eigenvalue weighted by Gasteiger charge is 2.10. The molecular formula is C14H23NO3. The van der Waals surface area contributed by atoms with Crippen LogP contribution in [0, 0.1) is 5.92 Å². The van der Waals surface area contributed by atoms with Crippen molar-refractivity contribution < 1.29 is 14.6 Å². The molecule has 1 aromatic rings. The fourth-order valence-electron chi connectivity index (χ4n) is 1.60. The molecule has 0 spiro atoms. The zero-order valence-corrected chi connectivity index (χ0v) is 11.3. The van der Waals surface area contributed by atoms with E-state index in [-0.39, 0.29) is 12.6 Å². The molecule has 0 saturated heterocycles. The van der Waals surface area contributed by atoms with E-state index in [0.29, 0.717) is 12.5 Å². The van der Waals surface area contributed by atoms with Crippen molar-refractivity contribution in [1.82, 2.24) is 5.32 Å². The molecule has 18 heavy (non-hydrogen) atoms. The topological polar surface area (TPSA) is 50.7 Å². The van der Waals surface area contributed by atoms with E-state index in [1.165, 1.54) is 0 Å². The van der Waals surface area contributed by atoms with E-state index in [1.54, 1.807) is 7.11 Å². The van der Waals surface area contributed by atoms with Crippen LogP contribution < -0.4 is 14.8 Å². The molecular weight excluding hydrogens is 230 g/mol. The molecule has 0 aromatic heterocycles. The lowest BCUT2D eigenvalue weighted by Crippen LogP contribution is -2.39. The number of methoxy groups -OCH3 is 1. The van der Waals surface area contributed by atoms with Crippen molar-refractivity contribution in [3.8, 4) is 11.5 Å². The van der Waals surface area contributed by atoms with Crippen LogP contribution in [0.15, 0.2) is 24.3 Å². The molecule has 102 valence electrons. The third kappa shape index (κ3) is 4.94. The average molecular weight is 253 g/mol. The molecule has 0 unspecified atom stereocenters. The Hall–Kier alpha value is -1.26. The molecule has 4 nitrogen and oxygen atoms in total. The van der Waals surface area contributed by atoms with Crippen molar-refractivity contribution in [2.75, 3.05) is 26.9 Å². The summed E-state index contributed by atoms with van der Waals surface area (Å²) in [6.07, 6.45) is 0. The quantitative estimate of drug-likeness (QED) is 0.692. The van der Waals surface area contributed by atoms with Crippen LogP contribution in [-0.2, 0) is 0 Å². The van der Waals surface area contributed by atoms with Crippen LogP contribution in [0.2, 0.25) is 0 Å². The van der Waals surface area contributed by atoms with Crippen LogP contribution >= 0.6 is 0 Å². The Morgan fingerprint density at radius 2 is 1.78 bits per heavy atom. The number of aliphatic hydroxyl groups excluding tert-OH is 1. The SMILES string of the molecule is COc1ccc(OCCN[C@H](CO)C(C)C)cc1. The lowest BCUT2D eigenvalue weighted by molar-refractivity contribution is 0.202. The normalized spacial score (nSPS) is 12.5. The number of hydrogen-bond acceptors (Lipinski definition) is 4. The van der Waals surface area contributed by atoms with E-state index in [4.69, 9.17) is 14.6 Å². The third-order valence-corrected chi connectivity index (χ3v) is 2.84. The second-order valence-electron chi connectivity index (χ2n) is 4.51. The molecule has 0 saturated carbocycles. The van der Waals surface area contributed by atoms with Gasteiger partial charge in [0, 0.05) is 12.6 Å². The summed E-state index contributed by atoms with van der Waals surface area (Å²) in [5.74, 6) is 2.05. The van der Waals surface area contributed by atoms with Crippen LogP contribution in [0.5, 0.6) is 11.5 Å². The molecule has 0 amide bonds. The van der Waals surface area contributed by atoms with Crippen LogP contribution in [0.25, 0.3) is 0 Å². The molecule has 1 aromatic carbocycles. The molecule has 2 N–H and O–H groups in total.